The highest BCUT2D eigenvalue weighted by atomic mass is 16.7. The van der Waals surface area contributed by atoms with Gasteiger partial charge in [-0.25, -0.2) is 14.4 Å². The monoisotopic (exact) mass is 460 g/mol. The summed E-state index contributed by atoms with van der Waals surface area (Å²) in [6, 6.07) is 4.87. The van der Waals surface area contributed by atoms with E-state index in [-0.39, 0.29) is 11.0 Å². The molecule has 2 heterocycles. The van der Waals surface area contributed by atoms with Crippen LogP contribution >= 0.6 is 0 Å². The lowest BCUT2D eigenvalue weighted by molar-refractivity contribution is 0.00578. The molecule has 10 heteroatoms. The Kier molecular flexibility index (Phi) is 5.87. The summed E-state index contributed by atoms with van der Waals surface area (Å²) in [7, 11) is -0.716. The molecule has 1 aliphatic rings. The molecule has 33 heavy (non-hydrogen) atoms. The molecule has 2 aromatic rings. The number of hydrogen-bond acceptors (Lipinski definition) is 7. The normalized spacial score (nSPS) is 17.9. The van der Waals surface area contributed by atoms with Crippen molar-refractivity contribution in [2.24, 2.45) is 0 Å². The van der Waals surface area contributed by atoms with Crippen LogP contribution in [0.15, 0.2) is 23.0 Å². The number of nitrogens with zero attached hydrogens (tertiary/aromatic N) is 2. The van der Waals surface area contributed by atoms with Gasteiger partial charge < -0.3 is 18.8 Å². The highest BCUT2D eigenvalue weighted by molar-refractivity contribution is 6.62. The molecule has 0 N–H and O–H groups in total. The molecule has 1 aliphatic heterocycles. The van der Waals surface area contributed by atoms with E-state index in [0.717, 1.165) is 9.13 Å². The van der Waals surface area contributed by atoms with E-state index in [1.165, 1.54) is 0 Å². The predicted molar refractivity (Wildman–Crippen MR) is 125 cm³/mol. The predicted octanol–water partition coefficient (Wildman–Crippen LogP) is 3.67. The van der Waals surface area contributed by atoms with Crippen molar-refractivity contribution in [3.8, 4) is 0 Å². The molecule has 3 rings (SSSR count). The number of fused-ring (bicyclic) bond motifs is 1. The molecule has 1 fully saturated rings. The Morgan fingerprint density at radius 3 is 1.67 bits per heavy atom. The number of hydrogen-bond donors (Lipinski definition) is 0. The van der Waals surface area contributed by atoms with Gasteiger partial charge in [0.25, 0.3) is 0 Å². The largest absolute Gasteiger partial charge is 0.494 e. The number of benzene rings is 1. The summed E-state index contributed by atoms with van der Waals surface area (Å²) in [6.45, 7) is 17.9. The van der Waals surface area contributed by atoms with Crippen molar-refractivity contribution in [1.29, 1.82) is 0 Å². The number of carbonyl (C=O) groups excluding carboxylic acids is 2. The van der Waals surface area contributed by atoms with Crippen molar-refractivity contribution in [2.75, 3.05) is 0 Å². The third-order valence-electron chi connectivity index (χ3n) is 5.54. The number of carbonyl (C=O) groups is 2. The SMILES string of the molecule is CC(C)(C)OC(=O)n1c(=O)n(C(=O)OC(C)(C)C)c2cc(B3OC(C)(C)C(C)(C)O3)ccc21. The van der Waals surface area contributed by atoms with Gasteiger partial charge in [-0.1, -0.05) is 6.07 Å². The summed E-state index contributed by atoms with van der Waals surface area (Å²) in [5.74, 6) is 0. The molecule has 0 radical (unpaired) electrons. The van der Waals surface area contributed by atoms with Gasteiger partial charge in [0, 0.05) is 0 Å². The molecule has 1 aromatic heterocycles. The minimum Gasteiger partial charge on any atom is -0.443 e. The zero-order chi connectivity index (χ0) is 25.1. The zero-order valence-electron chi connectivity index (χ0n) is 21.1. The average molecular weight is 460 g/mol. The quantitative estimate of drug-likeness (QED) is 0.599. The minimum atomic E-state index is -0.897. The molecule has 1 saturated heterocycles. The summed E-state index contributed by atoms with van der Waals surface area (Å²) in [4.78, 5) is 39.1. The molecular formula is C23H33BN2O7. The molecule has 0 bridgehead atoms. The van der Waals surface area contributed by atoms with Gasteiger partial charge in [0.15, 0.2) is 0 Å². The Morgan fingerprint density at radius 2 is 1.24 bits per heavy atom. The fraction of sp³-hybridized carbons (Fsp3) is 0.609. The number of imidazole rings is 1. The van der Waals surface area contributed by atoms with Gasteiger partial charge in [-0.05, 0) is 86.8 Å². The maximum absolute atomic E-state index is 13.2. The third kappa shape index (κ3) is 4.86. The lowest BCUT2D eigenvalue weighted by Gasteiger charge is -2.32. The first-order valence-corrected chi connectivity index (χ1v) is 10.9. The van der Waals surface area contributed by atoms with Crippen LogP contribution in [0.25, 0.3) is 11.0 Å². The topological polar surface area (TPSA) is 98.0 Å². The van der Waals surface area contributed by atoms with Gasteiger partial charge in [0.2, 0.25) is 0 Å². The Labute approximate surface area is 194 Å². The molecular weight excluding hydrogens is 427 g/mol. The van der Waals surface area contributed by atoms with Crippen LogP contribution in [-0.4, -0.2) is 50.8 Å². The first-order valence-electron chi connectivity index (χ1n) is 10.9. The van der Waals surface area contributed by atoms with Crippen LogP contribution in [0.5, 0.6) is 0 Å². The number of aromatic nitrogens is 2. The van der Waals surface area contributed by atoms with Crippen LogP contribution in [0, 0.1) is 0 Å². The van der Waals surface area contributed by atoms with E-state index in [4.69, 9.17) is 18.8 Å². The smallest absolute Gasteiger partial charge is 0.443 e. The fourth-order valence-electron chi connectivity index (χ4n) is 3.31. The molecule has 1 aromatic carbocycles. The van der Waals surface area contributed by atoms with E-state index >= 15 is 0 Å². The van der Waals surface area contributed by atoms with Crippen LogP contribution in [-0.2, 0) is 18.8 Å². The summed E-state index contributed by atoms with van der Waals surface area (Å²) >= 11 is 0. The van der Waals surface area contributed by atoms with Crippen molar-refractivity contribution in [1.82, 2.24) is 9.13 Å². The second-order valence-electron chi connectivity index (χ2n) is 11.3. The lowest BCUT2D eigenvalue weighted by atomic mass is 9.79. The van der Waals surface area contributed by atoms with Crippen LogP contribution in [0.1, 0.15) is 69.2 Å². The van der Waals surface area contributed by atoms with Gasteiger partial charge in [0.05, 0.1) is 22.2 Å². The van der Waals surface area contributed by atoms with Gasteiger partial charge >= 0.3 is 25.0 Å². The minimum absolute atomic E-state index is 0.187. The lowest BCUT2D eigenvalue weighted by Crippen LogP contribution is -2.41. The molecule has 0 unspecified atom stereocenters. The van der Waals surface area contributed by atoms with Crippen molar-refractivity contribution >= 4 is 35.8 Å². The Balaban J connectivity index is 2.19. The summed E-state index contributed by atoms with van der Waals surface area (Å²) in [5.41, 5.74) is -2.70. The summed E-state index contributed by atoms with van der Waals surface area (Å²) in [6.07, 6.45) is -1.78. The third-order valence-corrected chi connectivity index (χ3v) is 5.54. The molecule has 9 nitrogen and oxygen atoms in total. The Morgan fingerprint density at radius 1 is 0.818 bits per heavy atom. The second kappa shape index (κ2) is 7.73. The van der Waals surface area contributed by atoms with Crippen molar-refractivity contribution < 1.29 is 28.4 Å². The van der Waals surface area contributed by atoms with Crippen molar-refractivity contribution in [2.45, 2.75) is 91.6 Å². The van der Waals surface area contributed by atoms with Crippen LogP contribution < -0.4 is 11.2 Å². The summed E-state index contributed by atoms with van der Waals surface area (Å²) in [5, 5.41) is 0. The van der Waals surface area contributed by atoms with Crippen LogP contribution in [0.4, 0.5) is 9.59 Å². The highest BCUT2D eigenvalue weighted by Crippen LogP contribution is 2.36. The molecule has 0 atom stereocenters. The molecule has 0 spiro atoms. The maximum Gasteiger partial charge on any atom is 0.494 e. The van der Waals surface area contributed by atoms with E-state index in [2.05, 4.69) is 0 Å². The van der Waals surface area contributed by atoms with Crippen LogP contribution in [0.3, 0.4) is 0 Å². The number of ether oxygens (including phenoxy) is 2. The van der Waals surface area contributed by atoms with Crippen molar-refractivity contribution in [3.05, 3.63) is 28.7 Å². The first-order chi connectivity index (χ1) is 14.8. The van der Waals surface area contributed by atoms with Crippen molar-refractivity contribution in [3.63, 3.8) is 0 Å². The Hall–Kier alpha value is -2.59. The van der Waals surface area contributed by atoms with E-state index in [0.29, 0.717) is 5.46 Å². The van der Waals surface area contributed by atoms with Gasteiger partial charge in [-0.3, -0.25) is 0 Å². The van der Waals surface area contributed by atoms with Gasteiger partial charge in [0.1, 0.15) is 11.2 Å². The first kappa shape index (κ1) is 25.0. The number of rotatable bonds is 1. The zero-order valence-corrected chi connectivity index (χ0v) is 21.1. The second-order valence-corrected chi connectivity index (χ2v) is 11.3. The van der Waals surface area contributed by atoms with E-state index in [1.54, 1.807) is 59.7 Å². The maximum atomic E-state index is 13.2. The van der Waals surface area contributed by atoms with Gasteiger partial charge in [-0.2, -0.15) is 9.13 Å². The Bertz CT molecular complexity index is 1150. The molecule has 180 valence electrons. The molecule has 0 aliphatic carbocycles. The van der Waals surface area contributed by atoms with E-state index in [9.17, 15) is 14.4 Å². The fourth-order valence-corrected chi connectivity index (χ4v) is 3.31. The molecule has 0 saturated carbocycles. The van der Waals surface area contributed by atoms with Crippen LogP contribution in [0.2, 0.25) is 0 Å². The van der Waals surface area contributed by atoms with Gasteiger partial charge in [-0.15, -0.1) is 0 Å². The highest BCUT2D eigenvalue weighted by Gasteiger charge is 2.51. The summed E-state index contributed by atoms with van der Waals surface area (Å²) < 4.78 is 24.7. The molecule has 0 amide bonds. The van der Waals surface area contributed by atoms with E-state index < -0.39 is 47.4 Å². The van der Waals surface area contributed by atoms with E-state index in [1.807, 2.05) is 27.7 Å². The average Bonchev–Trinajstić information content (AvgIpc) is 2.99. The standard InChI is InChI=1S/C23H33BN2O7/c1-20(2,3)30-18(28)25-15-12-11-14(24-32-22(7,8)23(9,10)33-24)13-16(15)26(17(25)27)19(29)31-21(4,5)6/h11-13H,1-10H3.